The number of alkyl halides is 1. The molecule has 3 aliphatic rings. The van der Waals surface area contributed by atoms with Crippen LogP contribution in [-0.4, -0.2) is 69.2 Å². The number of Topliss-reactive ketones (excluding diaryl/α,β-unsaturated/α-hetero) is 1. The first kappa shape index (κ1) is 24.3. The van der Waals surface area contributed by atoms with Gasteiger partial charge in [0.25, 0.3) is 5.91 Å². The number of nitrogens with zero attached hydrogens (tertiary/aromatic N) is 3. The predicted octanol–water partition coefficient (Wildman–Crippen LogP) is 3.29. The highest BCUT2D eigenvalue weighted by Gasteiger charge is 2.53. The van der Waals surface area contributed by atoms with Gasteiger partial charge in [-0.3, -0.25) is 14.4 Å². The van der Waals surface area contributed by atoms with Gasteiger partial charge in [0.05, 0.1) is 10.3 Å². The van der Waals surface area contributed by atoms with Crippen LogP contribution in [0.15, 0.2) is 18.3 Å². The fourth-order valence-corrected chi connectivity index (χ4v) is 6.82. The van der Waals surface area contributed by atoms with Crippen molar-refractivity contribution in [3.05, 3.63) is 34.7 Å². The number of halogens is 1. The maximum atomic E-state index is 13.8. The number of nitrogens with one attached hydrogen (secondary N) is 1. The van der Waals surface area contributed by atoms with Crippen molar-refractivity contribution in [1.29, 1.82) is 0 Å². The van der Waals surface area contributed by atoms with E-state index in [2.05, 4.69) is 15.3 Å². The summed E-state index contributed by atoms with van der Waals surface area (Å²) in [4.78, 5) is 51.2. The van der Waals surface area contributed by atoms with E-state index in [1.54, 1.807) is 17.2 Å². The average Bonchev–Trinajstić information content (AvgIpc) is 3.56. The summed E-state index contributed by atoms with van der Waals surface area (Å²) in [6, 6.07) is 2.29. The normalized spacial score (nSPS) is 25.5. The van der Waals surface area contributed by atoms with Crippen molar-refractivity contribution < 1.29 is 19.1 Å². The molecule has 2 aliphatic heterocycles. The molecule has 4 heterocycles. The third-order valence-electron chi connectivity index (χ3n) is 7.27. The maximum Gasteiger partial charge on any atom is 0.262 e. The topological polar surface area (TPSA) is 101 Å². The van der Waals surface area contributed by atoms with Gasteiger partial charge in [-0.15, -0.1) is 22.9 Å². The fourth-order valence-electron chi connectivity index (χ4n) is 5.49. The molecule has 8 nitrogen and oxygen atoms in total. The van der Waals surface area contributed by atoms with E-state index < -0.39 is 23.6 Å². The van der Waals surface area contributed by atoms with Crippen LogP contribution in [0, 0.1) is 19.8 Å². The number of amides is 2. The molecule has 1 N–H and O–H groups in total. The van der Waals surface area contributed by atoms with Crippen LogP contribution in [0.25, 0.3) is 10.4 Å². The lowest BCUT2D eigenvalue weighted by molar-refractivity contribution is -0.139. The van der Waals surface area contributed by atoms with Crippen LogP contribution >= 0.6 is 22.9 Å². The van der Waals surface area contributed by atoms with Gasteiger partial charge >= 0.3 is 0 Å². The van der Waals surface area contributed by atoms with Crippen molar-refractivity contribution >= 4 is 40.5 Å². The zero-order valence-electron chi connectivity index (χ0n) is 19.8. The van der Waals surface area contributed by atoms with Crippen molar-refractivity contribution in [3.63, 3.8) is 0 Å². The lowest BCUT2D eigenvalue weighted by Gasteiger charge is -2.34. The van der Waals surface area contributed by atoms with Gasteiger partial charge in [-0.1, -0.05) is 19.3 Å². The van der Waals surface area contributed by atoms with Gasteiger partial charge < -0.3 is 15.0 Å². The molecule has 2 amide bonds. The smallest absolute Gasteiger partial charge is 0.262 e. The van der Waals surface area contributed by atoms with E-state index in [0.29, 0.717) is 10.7 Å². The molecule has 0 spiro atoms. The highest BCUT2D eigenvalue weighted by atomic mass is 35.5. The Balaban J connectivity index is 1.37. The highest BCUT2D eigenvalue weighted by Crippen LogP contribution is 2.34. The van der Waals surface area contributed by atoms with E-state index in [1.807, 2.05) is 19.9 Å². The standard InChI is InChI=1S/C25H29ClN4O4S/c1-13-16(10-27-14(2)28-13)19-8-9-20(35-19)24(32)29-21(15-6-4-3-5-7-15)25(33)30-11-17(26)23-22(30)18(31)12-34-23/h8-10,15,17,21-23H,3-7,11-12H2,1-2H3,(H,29,32)/t17-,21?,22+,23+/m0/s1. The number of hydrogen-bond acceptors (Lipinski definition) is 7. The molecule has 4 atom stereocenters. The Labute approximate surface area is 213 Å². The number of aryl methyl sites for hydroxylation is 2. The van der Waals surface area contributed by atoms with E-state index in [4.69, 9.17) is 16.3 Å². The summed E-state index contributed by atoms with van der Waals surface area (Å²) in [5.74, 6) is 0.0744. The molecule has 5 rings (SSSR count). The Kier molecular flexibility index (Phi) is 6.92. The molecule has 3 fully saturated rings. The second-order valence-corrected chi connectivity index (χ2v) is 11.3. The largest absolute Gasteiger partial charge is 0.366 e. The molecule has 0 bridgehead atoms. The summed E-state index contributed by atoms with van der Waals surface area (Å²) in [6.45, 7) is 3.98. The van der Waals surface area contributed by atoms with Gasteiger partial charge in [-0.25, -0.2) is 9.97 Å². The van der Waals surface area contributed by atoms with Crippen LogP contribution < -0.4 is 5.32 Å². The van der Waals surface area contributed by atoms with E-state index in [-0.39, 0.29) is 36.7 Å². The number of rotatable bonds is 5. The zero-order chi connectivity index (χ0) is 24.7. The summed E-state index contributed by atoms with van der Waals surface area (Å²) in [5.41, 5.74) is 1.74. The molecule has 2 saturated heterocycles. The van der Waals surface area contributed by atoms with Gasteiger partial charge in [0.15, 0.2) is 5.78 Å². The molecule has 10 heteroatoms. The quantitative estimate of drug-likeness (QED) is 0.612. The molecule has 35 heavy (non-hydrogen) atoms. The minimum atomic E-state index is -0.700. The lowest BCUT2D eigenvalue weighted by atomic mass is 9.83. The summed E-state index contributed by atoms with van der Waals surface area (Å²) in [7, 11) is 0. The van der Waals surface area contributed by atoms with Crippen LogP contribution in [-0.2, 0) is 14.3 Å². The summed E-state index contributed by atoms with van der Waals surface area (Å²) >= 11 is 7.78. The van der Waals surface area contributed by atoms with Gasteiger partial charge in [0, 0.05) is 28.9 Å². The molecule has 1 unspecified atom stereocenters. The van der Waals surface area contributed by atoms with Gasteiger partial charge in [-0.05, 0) is 44.7 Å². The number of likely N-dealkylation sites (tertiary alicyclic amines) is 1. The van der Waals surface area contributed by atoms with Crippen molar-refractivity contribution in [2.24, 2.45) is 5.92 Å². The predicted molar refractivity (Wildman–Crippen MR) is 133 cm³/mol. The van der Waals surface area contributed by atoms with Crippen molar-refractivity contribution in [2.75, 3.05) is 13.2 Å². The molecular weight excluding hydrogens is 488 g/mol. The highest BCUT2D eigenvalue weighted by molar-refractivity contribution is 7.17. The van der Waals surface area contributed by atoms with E-state index >= 15 is 0 Å². The van der Waals surface area contributed by atoms with E-state index in [9.17, 15) is 14.4 Å². The van der Waals surface area contributed by atoms with Crippen LogP contribution in [0.5, 0.6) is 0 Å². The maximum absolute atomic E-state index is 13.8. The third kappa shape index (κ3) is 4.73. The number of thiophene rings is 1. The Morgan fingerprint density at radius 2 is 2.00 bits per heavy atom. The first-order valence-corrected chi connectivity index (χ1v) is 13.4. The van der Waals surface area contributed by atoms with Crippen LogP contribution in [0.1, 0.15) is 53.3 Å². The molecule has 0 radical (unpaired) electrons. The monoisotopic (exact) mass is 516 g/mol. The Morgan fingerprint density at radius 1 is 1.23 bits per heavy atom. The second-order valence-electron chi connectivity index (χ2n) is 9.62. The summed E-state index contributed by atoms with van der Waals surface area (Å²) < 4.78 is 5.55. The number of aromatic nitrogens is 2. The van der Waals surface area contributed by atoms with Gasteiger partial charge in [-0.2, -0.15) is 0 Å². The minimum Gasteiger partial charge on any atom is -0.366 e. The molecule has 2 aromatic heterocycles. The fraction of sp³-hybridized carbons (Fsp3) is 0.560. The summed E-state index contributed by atoms with van der Waals surface area (Å²) in [5, 5.41) is 2.60. The number of fused-ring (bicyclic) bond motifs is 1. The van der Waals surface area contributed by atoms with Crippen molar-refractivity contribution in [1.82, 2.24) is 20.2 Å². The van der Waals surface area contributed by atoms with E-state index in [0.717, 1.165) is 48.2 Å². The van der Waals surface area contributed by atoms with Crippen molar-refractivity contribution in [2.45, 2.75) is 69.5 Å². The Bertz CT molecular complexity index is 1150. The Morgan fingerprint density at radius 3 is 2.74 bits per heavy atom. The van der Waals surface area contributed by atoms with Crippen LogP contribution in [0.4, 0.5) is 0 Å². The summed E-state index contributed by atoms with van der Waals surface area (Å²) in [6.07, 6.45) is 6.19. The first-order chi connectivity index (χ1) is 16.8. The van der Waals surface area contributed by atoms with Crippen LogP contribution in [0.2, 0.25) is 0 Å². The van der Waals surface area contributed by atoms with E-state index in [1.165, 1.54) is 11.3 Å². The molecular formula is C25H29ClN4O4S. The molecule has 1 aliphatic carbocycles. The third-order valence-corrected chi connectivity index (χ3v) is 8.78. The second kappa shape index (κ2) is 9.95. The SMILES string of the molecule is Cc1ncc(-c2ccc(C(=O)NC(C(=O)N3C[C@H](Cl)[C@H]4OCC(=O)[C@H]43)C3CCCCC3)s2)c(C)n1. The zero-order valence-corrected chi connectivity index (χ0v) is 21.4. The number of carbonyl (C=O) groups is 3. The van der Waals surface area contributed by atoms with Gasteiger partial charge in [0.1, 0.15) is 30.6 Å². The van der Waals surface area contributed by atoms with Gasteiger partial charge in [0.2, 0.25) is 5.91 Å². The Hall–Kier alpha value is -2.36. The first-order valence-electron chi connectivity index (χ1n) is 12.1. The number of hydrogen-bond donors (Lipinski definition) is 1. The molecule has 2 aromatic rings. The number of ketones is 1. The molecule has 0 aromatic carbocycles. The molecule has 186 valence electrons. The van der Waals surface area contributed by atoms with Crippen molar-refractivity contribution in [3.8, 4) is 10.4 Å². The lowest BCUT2D eigenvalue weighted by Crippen LogP contribution is -2.55. The average molecular weight is 517 g/mol. The molecule has 1 saturated carbocycles. The number of ether oxygens (including phenoxy) is 1. The number of carbonyl (C=O) groups excluding carboxylic acids is 3. The minimum absolute atomic E-state index is 0.0249. The van der Waals surface area contributed by atoms with Crippen LogP contribution in [0.3, 0.4) is 0 Å².